The van der Waals surface area contributed by atoms with Gasteiger partial charge in [0.05, 0.1) is 30.9 Å². The maximum Gasteiger partial charge on any atom is 0.338 e. The number of carbonyl (C=O) groups excluding carboxylic acids is 3. The number of aliphatic hydroxyl groups excluding tert-OH is 1. The fourth-order valence-corrected chi connectivity index (χ4v) is 5.02. The number of carbonyl (C=O) groups is 3. The van der Waals surface area contributed by atoms with Gasteiger partial charge in [-0.2, -0.15) is 0 Å². The minimum absolute atomic E-state index is 0.00463. The topological polar surface area (TPSA) is 93.1 Å². The number of aliphatic hydroxyl groups is 1. The van der Waals surface area contributed by atoms with Crippen LogP contribution in [-0.4, -0.2) is 36.5 Å². The molecule has 4 rings (SSSR count). The first-order valence-electron chi connectivity index (χ1n) is 13.4. The van der Waals surface area contributed by atoms with Crippen LogP contribution in [0.15, 0.2) is 66.2 Å². The molecule has 0 aliphatic carbocycles. The molecule has 40 heavy (non-hydrogen) atoms. The molecule has 1 amide bonds. The zero-order valence-corrected chi connectivity index (χ0v) is 23.8. The summed E-state index contributed by atoms with van der Waals surface area (Å²) in [4.78, 5) is 40.9. The van der Waals surface area contributed by atoms with E-state index in [0.29, 0.717) is 46.7 Å². The number of Topliss-reactive ketones (excluding diaryl/α,β-unsaturated/α-hetero) is 1. The summed E-state index contributed by atoms with van der Waals surface area (Å²) in [5.74, 6) is -1.45. The molecule has 0 aromatic heterocycles. The highest BCUT2D eigenvalue weighted by atomic mass is 16.5. The maximum atomic E-state index is 13.6. The zero-order valence-electron chi connectivity index (χ0n) is 23.8. The fraction of sp³-hybridized carbons (Fsp3) is 0.303. The SMILES string of the molecule is CCCOC(=O)c1ccc(N2C(=O)C(=O)/C(=C(/O)c3cc(C(C)C)c(OC)cc3C)C2c2cccc(C)c2)cc1. The highest BCUT2D eigenvalue weighted by Crippen LogP contribution is 2.43. The number of aryl methyl sites for hydroxylation is 2. The van der Waals surface area contributed by atoms with Crippen LogP contribution < -0.4 is 9.64 Å². The first kappa shape index (κ1) is 28.6. The van der Waals surface area contributed by atoms with Crippen molar-refractivity contribution in [2.24, 2.45) is 0 Å². The van der Waals surface area contributed by atoms with Gasteiger partial charge in [0.1, 0.15) is 11.5 Å². The third kappa shape index (κ3) is 5.37. The molecule has 1 unspecified atom stereocenters. The minimum atomic E-state index is -0.873. The van der Waals surface area contributed by atoms with Crippen LogP contribution >= 0.6 is 0 Å². The lowest BCUT2D eigenvalue weighted by molar-refractivity contribution is -0.132. The number of esters is 1. The lowest BCUT2D eigenvalue weighted by atomic mass is 9.90. The molecular formula is C33H35NO6. The Bertz CT molecular complexity index is 1490. The average molecular weight is 542 g/mol. The van der Waals surface area contributed by atoms with Gasteiger partial charge in [-0.3, -0.25) is 14.5 Å². The Hall–Kier alpha value is -4.39. The molecule has 1 atom stereocenters. The summed E-state index contributed by atoms with van der Waals surface area (Å²) in [6.07, 6.45) is 0.706. The Balaban J connectivity index is 1.89. The van der Waals surface area contributed by atoms with Crippen LogP contribution in [0, 0.1) is 13.8 Å². The number of hydrogen-bond acceptors (Lipinski definition) is 6. The van der Waals surface area contributed by atoms with Crippen molar-refractivity contribution >= 4 is 29.1 Å². The van der Waals surface area contributed by atoms with E-state index in [1.807, 2.05) is 71.0 Å². The van der Waals surface area contributed by atoms with Crippen molar-refractivity contribution in [3.63, 3.8) is 0 Å². The van der Waals surface area contributed by atoms with Crippen LogP contribution in [0.1, 0.15) is 77.3 Å². The summed E-state index contributed by atoms with van der Waals surface area (Å²) >= 11 is 0. The number of benzene rings is 3. The molecule has 0 bridgehead atoms. The summed E-state index contributed by atoms with van der Waals surface area (Å²) in [7, 11) is 1.60. The Morgan fingerprint density at radius 3 is 2.33 bits per heavy atom. The number of methoxy groups -OCH3 is 1. The molecule has 7 heteroatoms. The second-order valence-electron chi connectivity index (χ2n) is 10.3. The number of rotatable bonds is 8. The molecule has 1 N–H and O–H groups in total. The van der Waals surface area contributed by atoms with Gasteiger partial charge >= 0.3 is 5.97 Å². The van der Waals surface area contributed by atoms with Crippen LogP contribution in [0.2, 0.25) is 0 Å². The Morgan fingerprint density at radius 2 is 1.73 bits per heavy atom. The van der Waals surface area contributed by atoms with Crippen molar-refractivity contribution < 1.29 is 29.0 Å². The number of nitrogens with zero attached hydrogens (tertiary/aromatic N) is 1. The first-order valence-corrected chi connectivity index (χ1v) is 13.4. The van der Waals surface area contributed by atoms with E-state index >= 15 is 0 Å². The number of ether oxygens (including phenoxy) is 2. The van der Waals surface area contributed by atoms with E-state index in [1.165, 1.54) is 4.90 Å². The van der Waals surface area contributed by atoms with E-state index in [4.69, 9.17) is 9.47 Å². The molecule has 1 aliphatic heterocycles. The predicted octanol–water partition coefficient (Wildman–Crippen LogP) is 6.63. The van der Waals surface area contributed by atoms with Gasteiger partial charge < -0.3 is 14.6 Å². The van der Waals surface area contributed by atoms with E-state index in [1.54, 1.807) is 31.4 Å². The van der Waals surface area contributed by atoms with E-state index in [0.717, 1.165) is 11.1 Å². The van der Waals surface area contributed by atoms with Crippen molar-refractivity contribution in [3.05, 3.63) is 99.6 Å². The van der Waals surface area contributed by atoms with Crippen molar-refractivity contribution in [1.29, 1.82) is 0 Å². The van der Waals surface area contributed by atoms with Crippen LogP contribution in [0.3, 0.4) is 0 Å². The van der Waals surface area contributed by atoms with Crippen molar-refractivity contribution in [1.82, 2.24) is 0 Å². The molecule has 7 nitrogen and oxygen atoms in total. The summed E-state index contributed by atoms with van der Waals surface area (Å²) in [6.45, 7) is 10.0. The third-order valence-electron chi connectivity index (χ3n) is 7.07. The van der Waals surface area contributed by atoms with Gasteiger partial charge in [0.2, 0.25) is 0 Å². The van der Waals surface area contributed by atoms with Crippen LogP contribution in [0.25, 0.3) is 5.76 Å². The van der Waals surface area contributed by atoms with Gasteiger partial charge in [-0.25, -0.2) is 4.79 Å². The van der Waals surface area contributed by atoms with E-state index in [9.17, 15) is 19.5 Å². The number of anilines is 1. The largest absolute Gasteiger partial charge is 0.507 e. The Labute approximate surface area is 235 Å². The predicted molar refractivity (Wildman–Crippen MR) is 155 cm³/mol. The Kier molecular flexibility index (Phi) is 8.43. The average Bonchev–Trinajstić information content (AvgIpc) is 3.21. The highest BCUT2D eigenvalue weighted by molar-refractivity contribution is 6.51. The number of hydrogen-bond donors (Lipinski definition) is 1. The van der Waals surface area contributed by atoms with Crippen molar-refractivity contribution in [2.75, 3.05) is 18.6 Å². The smallest absolute Gasteiger partial charge is 0.338 e. The summed E-state index contributed by atoms with van der Waals surface area (Å²) in [5, 5.41) is 11.7. The molecule has 1 aliphatic rings. The number of amides is 1. The molecule has 0 spiro atoms. The van der Waals surface area contributed by atoms with Crippen LogP contribution in [-0.2, 0) is 14.3 Å². The quantitative estimate of drug-likeness (QED) is 0.149. The maximum absolute atomic E-state index is 13.6. The van der Waals surface area contributed by atoms with E-state index in [-0.39, 0.29) is 17.3 Å². The van der Waals surface area contributed by atoms with Gasteiger partial charge in [-0.1, -0.05) is 50.6 Å². The summed E-state index contributed by atoms with van der Waals surface area (Å²) < 4.78 is 10.8. The summed E-state index contributed by atoms with van der Waals surface area (Å²) in [5.41, 5.74) is 4.45. The molecule has 0 saturated carbocycles. The van der Waals surface area contributed by atoms with E-state index < -0.39 is 23.7 Å². The first-order chi connectivity index (χ1) is 19.1. The van der Waals surface area contributed by atoms with Gasteiger partial charge in [-0.15, -0.1) is 0 Å². The molecule has 1 fully saturated rings. The van der Waals surface area contributed by atoms with E-state index in [2.05, 4.69) is 0 Å². The molecule has 1 heterocycles. The van der Waals surface area contributed by atoms with Crippen molar-refractivity contribution in [2.45, 2.75) is 53.0 Å². The van der Waals surface area contributed by atoms with Crippen LogP contribution in [0.5, 0.6) is 5.75 Å². The molecule has 1 saturated heterocycles. The van der Waals surface area contributed by atoms with Gasteiger partial charge in [-0.05, 0) is 79.3 Å². The second kappa shape index (κ2) is 11.8. The lowest BCUT2D eigenvalue weighted by Crippen LogP contribution is -2.29. The van der Waals surface area contributed by atoms with Gasteiger partial charge in [0, 0.05) is 11.3 Å². The monoisotopic (exact) mass is 541 g/mol. The standard InChI is InChI=1S/C33H35NO6/c1-7-15-40-33(38)22-11-13-24(14-12-22)34-29(23-10-8-9-20(4)16-23)28(31(36)32(34)37)30(35)26-18-25(19(2)3)27(39-6)17-21(26)5/h8-14,16-19,29,35H,7,15H2,1-6H3/b30-28+. The lowest BCUT2D eigenvalue weighted by Gasteiger charge is -2.26. The molecular weight excluding hydrogens is 506 g/mol. The minimum Gasteiger partial charge on any atom is -0.507 e. The van der Waals surface area contributed by atoms with Gasteiger partial charge in [0.15, 0.2) is 0 Å². The van der Waals surface area contributed by atoms with Gasteiger partial charge in [0.25, 0.3) is 11.7 Å². The zero-order chi connectivity index (χ0) is 29.1. The summed E-state index contributed by atoms with van der Waals surface area (Å²) in [6, 6.07) is 16.7. The van der Waals surface area contributed by atoms with Crippen molar-refractivity contribution in [3.8, 4) is 5.75 Å². The highest BCUT2D eigenvalue weighted by Gasteiger charge is 2.47. The fourth-order valence-electron chi connectivity index (χ4n) is 5.02. The number of ketones is 1. The van der Waals surface area contributed by atoms with Crippen LogP contribution in [0.4, 0.5) is 5.69 Å². The molecule has 208 valence electrons. The second-order valence-corrected chi connectivity index (χ2v) is 10.3. The normalized spacial score (nSPS) is 16.5. The Morgan fingerprint density at radius 1 is 1.02 bits per heavy atom. The molecule has 3 aromatic rings. The third-order valence-corrected chi connectivity index (χ3v) is 7.07. The molecule has 0 radical (unpaired) electrons. The molecule has 3 aromatic carbocycles.